The number of anilines is 1. The van der Waals surface area contributed by atoms with Crippen molar-refractivity contribution in [1.82, 2.24) is 0 Å². The third kappa shape index (κ3) is 1.82. The number of hydrogen-bond acceptors (Lipinski definition) is 2. The number of hydrogen-bond donors (Lipinski definition) is 0. The van der Waals surface area contributed by atoms with Crippen molar-refractivity contribution in [2.75, 3.05) is 11.4 Å². The third-order valence-corrected chi connectivity index (χ3v) is 3.10. The first-order valence-corrected chi connectivity index (χ1v) is 6.02. The fourth-order valence-electron chi connectivity index (χ4n) is 2.08. The SMILES string of the molecule is C=C(Br)CN1C(=O)C(=O)c2c(C)ccc(C)c21. The van der Waals surface area contributed by atoms with Gasteiger partial charge in [0.15, 0.2) is 0 Å². The van der Waals surface area contributed by atoms with Crippen LogP contribution >= 0.6 is 15.9 Å². The van der Waals surface area contributed by atoms with E-state index in [1.807, 2.05) is 26.0 Å². The van der Waals surface area contributed by atoms with Gasteiger partial charge in [0.1, 0.15) is 0 Å². The Labute approximate surface area is 108 Å². The highest BCUT2D eigenvalue weighted by Crippen LogP contribution is 2.35. The predicted molar refractivity (Wildman–Crippen MR) is 70.7 cm³/mol. The Balaban J connectivity index is 2.63. The van der Waals surface area contributed by atoms with E-state index in [-0.39, 0.29) is 0 Å². The maximum atomic E-state index is 11.9. The van der Waals surface area contributed by atoms with Crippen LogP contribution in [0.1, 0.15) is 21.5 Å². The number of Topliss-reactive ketones (excluding diaryl/α,β-unsaturated/α-hetero) is 1. The zero-order chi connectivity index (χ0) is 12.7. The summed E-state index contributed by atoms with van der Waals surface area (Å²) in [6, 6.07) is 3.79. The molecule has 0 spiro atoms. The highest BCUT2D eigenvalue weighted by molar-refractivity contribution is 9.11. The molecule has 17 heavy (non-hydrogen) atoms. The molecule has 1 aliphatic rings. The molecular formula is C13H12BrNO2. The lowest BCUT2D eigenvalue weighted by Crippen LogP contribution is -2.31. The topological polar surface area (TPSA) is 37.4 Å². The van der Waals surface area contributed by atoms with E-state index in [1.165, 1.54) is 4.90 Å². The third-order valence-electron chi connectivity index (χ3n) is 2.85. The highest BCUT2D eigenvalue weighted by Gasteiger charge is 2.37. The standard InChI is InChI=1S/C13H12BrNO2/c1-7-4-5-8(2)11-10(7)12(16)13(17)15(11)6-9(3)14/h4-5H,3,6H2,1-2H3. The predicted octanol–water partition coefficient (Wildman–Crippen LogP) is 2.74. The number of fused-ring (bicyclic) bond motifs is 1. The molecule has 0 radical (unpaired) electrons. The summed E-state index contributed by atoms with van der Waals surface area (Å²) in [5.74, 6) is -0.895. The van der Waals surface area contributed by atoms with Gasteiger partial charge in [0.05, 0.1) is 17.8 Å². The van der Waals surface area contributed by atoms with E-state index in [2.05, 4.69) is 22.5 Å². The van der Waals surface area contributed by atoms with Crippen molar-refractivity contribution in [3.05, 3.63) is 39.9 Å². The summed E-state index contributed by atoms with van der Waals surface area (Å²) in [6.07, 6.45) is 0. The van der Waals surface area contributed by atoms with Crippen LogP contribution in [0.5, 0.6) is 0 Å². The number of carbonyl (C=O) groups excluding carboxylic acids is 2. The van der Waals surface area contributed by atoms with Crippen LogP contribution in [0.15, 0.2) is 23.2 Å². The molecule has 1 aliphatic heterocycles. The summed E-state index contributed by atoms with van der Waals surface area (Å²) in [7, 11) is 0. The second-order valence-electron chi connectivity index (χ2n) is 4.16. The molecule has 1 aromatic rings. The molecule has 0 bridgehead atoms. The van der Waals surface area contributed by atoms with Crippen molar-refractivity contribution >= 4 is 33.3 Å². The summed E-state index contributed by atoms with van der Waals surface area (Å²) < 4.78 is 0.674. The molecule has 1 heterocycles. The molecule has 1 amide bonds. The number of aryl methyl sites for hydroxylation is 2. The van der Waals surface area contributed by atoms with Gasteiger partial charge in [0, 0.05) is 4.48 Å². The fraction of sp³-hybridized carbons (Fsp3) is 0.231. The maximum Gasteiger partial charge on any atom is 0.299 e. The molecule has 2 rings (SSSR count). The van der Waals surface area contributed by atoms with Crippen LogP contribution in [0.3, 0.4) is 0 Å². The van der Waals surface area contributed by atoms with E-state index in [0.29, 0.717) is 16.6 Å². The molecular weight excluding hydrogens is 282 g/mol. The highest BCUT2D eigenvalue weighted by atomic mass is 79.9. The molecule has 0 saturated heterocycles. The Morgan fingerprint density at radius 2 is 1.88 bits per heavy atom. The first kappa shape index (κ1) is 12.0. The Bertz CT molecular complexity index is 549. The number of rotatable bonds is 2. The first-order valence-electron chi connectivity index (χ1n) is 5.23. The Morgan fingerprint density at radius 1 is 1.29 bits per heavy atom. The van der Waals surface area contributed by atoms with Gasteiger partial charge in [-0.2, -0.15) is 0 Å². The van der Waals surface area contributed by atoms with Crippen molar-refractivity contribution in [3.8, 4) is 0 Å². The van der Waals surface area contributed by atoms with E-state index in [4.69, 9.17) is 0 Å². The van der Waals surface area contributed by atoms with Gasteiger partial charge in [-0.1, -0.05) is 34.6 Å². The van der Waals surface area contributed by atoms with Gasteiger partial charge in [0.25, 0.3) is 11.7 Å². The quantitative estimate of drug-likeness (QED) is 0.787. The lowest BCUT2D eigenvalue weighted by Gasteiger charge is -2.18. The molecule has 4 heteroatoms. The second kappa shape index (κ2) is 4.11. The molecule has 0 fully saturated rings. The number of ketones is 1. The van der Waals surface area contributed by atoms with Crippen molar-refractivity contribution in [3.63, 3.8) is 0 Å². The van der Waals surface area contributed by atoms with Crippen LogP contribution < -0.4 is 4.90 Å². The summed E-state index contributed by atoms with van der Waals surface area (Å²) in [5, 5.41) is 0. The van der Waals surface area contributed by atoms with Crippen LogP contribution in [0.4, 0.5) is 5.69 Å². The molecule has 0 saturated carbocycles. The van der Waals surface area contributed by atoms with Crippen molar-refractivity contribution < 1.29 is 9.59 Å². The zero-order valence-electron chi connectivity index (χ0n) is 9.71. The smallest absolute Gasteiger partial charge is 0.299 e. The van der Waals surface area contributed by atoms with Crippen LogP contribution in [0, 0.1) is 13.8 Å². The zero-order valence-corrected chi connectivity index (χ0v) is 11.3. The van der Waals surface area contributed by atoms with E-state index in [1.54, 1.807) is 0 Å². The average Bonchev–Trinajstić information content (AvgIpc) is 2.49. The van der Waals surface area contributed by atoms with Crippen LogP contribution in [0.25, 0.3) is 0 Å². The minimum Gasteiger partial charge on any atom is -0.300 e. The molecule has 0 atom stereocenters. The van der Waals surface area contributed by atoms with Gasteiger partial charge < -0.3 is 0 Å². The van der Waals surface area contributed by atoms with Gasteiger partial charge in [-0.3, -0.25) is 14.5 Å². The van der Waals surface area contributed by atoms with Crippen LogP contribution in [-0.2, 0) is 4.79 Å². The second-order valence-corrected chi connectivity index (χ2v) is 5.28. The largest absolute Gasteiger partial charge is 0.300 e. The summed E-state index contributed by atoms with van der Waals surface area (Å²) >= 11 is 3.23. The molecule has 0 aromatic heterocycles. The summed E-state index contributed by atoms with van der Waals surface area (Å²) in [5.41, 5.74) is 3.02. The Kier molecular flexibility index (Phi) is 2.91. The first-order chi connectivity index (χ1) is 7.93. The molecule has 3 nitrogen and oxygen atoms in total. The molecule has 0 aliphatic carbocycles. The molecule has 0 N–H and O–H groups in total. The normalized spacial score (nSPS) is 14.2. The van der Waals surface area contributed by atoms with Crippen molar-refractivity contribution in [2.24, 2.45) is 0 Å². The summed E-state index contributed by atoms with van der Waals surface area (Å²) in [4.78, 5) is 25.3. The number of amides is 1. The van der Waals surface area contributed by atoms with Crippen LogP contribution in [0.2, 0.25) is 0 Å². The van der Waals surface area contributed by atoms with E-state index in [0.717, 1.165) is 16.8 Å². The maximum absolute atomic E-state index is 11.9. The van der Waals surface area contributed by atoms with Gasteiger partial charge in [-0.05, 0) is 25.0 Å². The Morgan fingerprint density at radius 3 is 2.47 bits per heavy atom. The van der Waals surface area contributed by atoms with E-state index in [9.17, 15) is 9.59 Å². The Hall–Kier alpha value is -1.42. The lowest BCUT2D eigenvalue weighted by atomic mass is 10.0. The van der Waals surface area contributed by atoms with Crippen molar-refractivity contribution in [1.29, 1.82) is 0 Å². The number of benzene rings is 1. The fourth-order valence-corrected chi connectivity index (χ4v) is 2.33. The van der Waals surface area contributed by atoms with Gasteiger partial charge in [-0.25, -0.2) is 0 Å². The monoisotopic (exact) mass is 293 g/mol. The van der Waals surface area contributed by atoms with Gasteiger partial charge in [-0.15, -0.1) is 0 Å². The average molecular weight is 294 g/mol. The minimum atomic E-state index is -0.474. The summed E-state index contributed by atoms with van der Waals surface area (Å²) in [6.45, 7) is 7.78. The molecule has 88 valence electrons. The van der Waals surface area contributed by atoms with E-state index < -0.39 is 11.7 Å². The van der Waals surface area contributed by atoms with Crippen molar-refractivity contribution in [2.45, 2.75) is 13.8 Å². The van der Waals surface area contributed by atoms with Gasteiger partial charge >= 0.3 is 0 Å². The number of carbonyl (C=O) groups is 2. The van der Waals surface area contributed by atoms with E-state index >= 15 is 0 Å². The van der Waals surface area contributed by atoms with Crippen LogP contribution in [-0.4, -0.2) is 18.2 Å². The lowest BCUT2D eigenvalue weighted by molar-refractivity contribution is -0.114. The van der Waals surface area contributed by atoms with Gasteiger partial charge in [0.2, 0.25) is 0 Å². The minimum absolute atomic E-state index is 0.321. The molecule has 0 unspecified atom stereocenters. The molecule has 1 aromatic carbocycles. The number of nitrogens with zero attached hydrogens (tertiary/aromatic N) is 1. The number of halogens is 1.